The summed E-state index contributed by atoms with van der Waals surface area (Å²) >= 11 is 1.23. The molecule has 0 aromatic rings. The van der Waals surface area contributed by atoms with E-state index in [0.29, 0.717) is 13.0 Å². The number of ether oxygens (including phenoxy) is 1. The van der Waals surface area contributed by atoms with Crippen LogP contribution in [0, 0.1) is 0 Å². The van der Waals surface area contributed by atoms with Gasteiger partial charge in [-0.3, -0.25) is 14.7 Å². The van der Waals surface area contributed by atoms with Gasteiger partial charge in [0, 0.05) is 25.1 Å². The van der Waals surface area contributed by atoms with Gasteiger partial charge in [-0.1, -0.05) is 11.9 Å². The molecule has 1 amide bonds. The quantitative estimate of drug-likeness (QED) is 0.263. The van der Waals surface area contributed by atoms with Crippen molar-refractivity contribution in [3.05, 3.63) is 0 Å². The molecule has 0 heterocycles. The van der Waals surface area contributed by atoms with Crippen molar-refractivity contribution in [3.8, 4) is 0 Å². The minimum Gasteiger partial charge on any atom is -0.463 e. The predicted octanol–water partition coefficient (Wildman–Crippen LogP) is 0.0120. The van der Waals surface area contributed by atoms with E-state index >= 15 is 0 Å². The number of rotatable bonds is 9. The molecular weight excluding hydrogens is 244 g/mol. The summed E-state index contributed by atoms with van der Waals surface area (Å²) in [6.45, 7) is 0.577. The number of esters is 1. The lowest BCUT2D eigenvalue weighted by molar-refractivity contribution is -0.151. The summed E-state index contributed by atoms with van der Waals surface area (Å²) in [5, 5.41) is 7.92. The third-order valence-electron chi connectivity index (χ3n) is 1.98. The molecule has 0 atom stereocenters. The van der Waals surface area contributed by atoms with Crippen molar-refractivity contribution in [1.29, 1.82) is 0 Å². The maximum atomic E-state index is 11.3. The first kappa shape index (κ1) is 15.9. The molecule has 17 heavy (non-hydrogen) atoms. The number of hydrogen-bond acceptors (Lipinski definition) is 6. The Hall–Kier alpha value is -1.08. The lowest BCUT2D eigenvalue weighted by Gasteiger charge is -2.03. The van der Waals surface area contributed by atoms with Crippen LogP contribution < -0.4 is 10.5 Å². The van der Waals surface area contributed by atoms with Gasteiger partial charge >= 0.3 is 5.97 Å². The Balaban J connectivity index is 3.51. The fourth-order valence-electron chi connectivity index (χ4n) is 1.10. The van der Waals surface area contributed by atoms with Crippen molar-refractivity contribution in [2.24, 2.45) is 5.14 Å². The van der Waals surface area contributed by atoms with E-state index in [9.17, 15) is 14.4 Å². The number of carbonyl (C=O) groups excluding carboxylic acids is 3. The average Bonchev–Trinajstić information content (AvgIpc) is 2.33. The van der Waals surface area contributed by atoms with Crippen LogP contribution in [0.4, 0.5) is 0 Å². The van der Waals surface area contributed by atoms with Crippen LogP contribution in [-0.2, 0) is 19.1 Å². The predicted molar refractivity (Wildman–Crippen MR) is 65.1 cm³/mol. The maximum absolute atomic E-state index is 11.3. The van der Waals surface area contributed by atoms with Crippen LogP contribution in [0.15, 0.2) is 0 Å². The number of hydrogen-bond donors (Lipinski definition) is 2. The molecule has 0 aliphatic carbocycles. The second-order valence-electron chi connectivity index (χ2n) is 3.34. The summed E-state index contributed by atoms with van der Waals surface area (Å²) < 4.78 is 4.26. The van der Waals surface area contributed by atoms with E-state index in [0.717, 1.165) is 19.3 Å². The Morgan fingerprint density at radius 2 is 1.94 bits per heavy atom. The van der Waals surface area contributed by atoms with Gasteiger partial charge in [0.25, 0.3) is 0 Å². The van der Waals surface area contributed by atoms with Crippen LogP contribution in [-0.4, -0.2) is 37.1 Å². The molecule has 0 aromatic heterocycles. The smallest absolute Gasteiger partial charge is 0.374 e. The number of nitrogens with two attached hydrogens (primary N) is 1. The van der Waals surface area contributed by atoms with Crippen molar-refractivity contribution in [2.75, 3.05) is 19.4 Å². The zero-order chi connectivity index (χ0) is 13.1. The minimum atomic E-state index is -0.856. The SMILES string of the molecule is COC(=O)C(=O)CCCC(=O)NCCCSN. The second-order valence-corrected chi connectivity index (χ2v) is 4.08. The van der Waals surface area contributed by atoms with Crippen LogP contribution in [0.1, 0.15) is 25.7 Å². The molecule has 3 N–H and O–H groups in total. The van der Waals surface area contributed by atoms with Gasteiger partial charge in [-0.25, -0.2) is 4.79 Å². The van der Waals surface area contributed by atoms with E-state index in [1.807, 2.05) is 0 Å². The number of Topliss-reactive ketones (excluding diaryl/α,β-unsaturated/α-hetero) is 1. The van der Waals surface area contributed by atoms with Gasteiger partial charge in [-0.05, 0) is 12.8 Å². The monoisotopic (exact) mass is 262 g/mol. The van der Waals surface area contributed by atoms with Gasteiger partial charge in [0.1, 0.15) is 0 Å². The molecule has 0 spiro atoms. The van der Waals surface area contributed by atoms with Gasteiger partial charge < -0.3 is 10.1 Å². The zero-order valence-corrected chi connectivity index (χ0v) is 10.7. The van der Waals surface area contributed by atoms with Gasteiger partial charge in [-0.15, -0.1) is 0 Å². The van der Waals surface area contributed by atoms with Crippen molar-refractivity contribution >= 4 is 29.6 Å². The van der Waals surface area contributed by atoms with E-state index < -0.39 is 11.8 Å². The Morgan fingerprint density at radius 3 is 2.53 bits per heavy atom. The number of amides is 1. The topological polar surface area (TPSA) is 98.5 Å². The van der Waals surface area contributed by atoms with E-state index in [1.165, 1.54) is 11.9 Å². The first-order valence-electron chi connectivity index (χ1n) is 5.31. The Labute approximate surface area is 105 Å². The van der Waals surface area contributed by atoms with Crippen molar-refractivity contribution < 1.29 is 19.1 Å². The molecule has 98 valence electrons. The summed E-state index contributed by atoms with van der Waals surface area (Å²) in [6.07, 6.45) is 1.44. The molecule has 0 fully saturated rings. The van der Waals surface area contributed by atoms with E-state index in [2.05, 4.69) is 10.1 Å². The first-order chi connectivity index (χ1) is 8.11. The third kappa shape index (κ3) is 8.70. The summed E-state index contributed by atoms with van der Waals surface area (Å²) in [5.41, 5.74) is 0. The molecule has 6 nitrogen and oxygen atoms in total. The molecule has 0 aliphatic rings. The van der Waals surface area contributed by atoms with E-state index in [1.54, 1.807) is 0 Å². The average molecular weight is 262 g/mol. The lowest BCUT2D eigenvalue weighted by Crippen LogP contribution is -2.25. The second kappa shape index (κ2) is 10.1. The molecule has 0 aliphatic heterocycles. The standard InChI is InChI=1S/C10H18N2O4S/c1-16-10(15)8(13)4-2-5-9(14)12-6-3-7-17-11/h2-7,11H2,1H3,(H,12,14). The molecule has 0 rings (SSSR count). The van der Waals surface area contributed by atoms with Gasteiger partial charge in [0.05, 0.1) is 7.11 Å². The lowest BCUT2D eigenvalue weighted by atomic mass is 10.1. The van der Waals surface area contributed by atoms with Crippen LogP contribution in [0.25, 0.3) is 0 Å². The highest BCUT2D eigenvalue weighted by atomic mass is 32.2. The Kier molecular flexibility index (Phi) is 9.46. The van der Waals surface area contributed by atoms with Gasteiger partial charge in [0.15, 0.2) is 0 Å². The molecule has 7 heteroatoms. The number of carbonyl (C=O) groups is 3. The summed E-state index contributed by atoms with van der Waals surface area (Å²) in [5.74, 6) is -0.781. The number of nitrogens with one attached hydrogen (secondary N) is 1. The molecule has 0 unspecified atom stereocenters. The van der Waals surface area contributed by atoms with Crippen LogP contribution in [0.3, 0.4) is 0 Å². The van der Waals surface area contributed by atoms with Crippen LogP contribution in [0.5, 0.6) is 0 Å². The number of ketones is 1. The van der Waals surface area contributed by atoms with Crippen molar-refractivity contribution in [1.82, 2.24) is 5.32 Å². The Morgan fingerprint density at radius 1 is 1.24 bits per heavy atom. The fraction of sp³-hybridized carbons (Fsp3) is 0.700. The Bertz CT molecular complexity index is 271. The molecule has 0 radical (unpaired) electrons. The zero-order valence-electron chi connectivity index (χ0n) is 9.86. The van der Waals surface area contributed by atoms with Gasteiger partial charge in [-0.2, -0.15) is 0 Å². The number of methoxy groups -OCH3 is 1. The first-order valence-corrected chi connectivity index (χ1v) is 6.36. The largest absolute Gasteiger partial charge is 0.463 e. The van der Waals surface area contributed by atoms with Gasteiger partial charge in [0.2, 0.25) is 11.7 Å². The maximum Gasteiger partial charge on any atom is 0.374 e. The van der Waals surface area contributed by atoms with E-state index in [4.69, 9.17) is 5.14 Å². The summed E-state index contributed by atoms with van der Waals surface area (Å²) in [6, 6.07) is 0. The van der Waals surface area contributed by atoms with Crippen LogP contribution in [0.2, 0.25) is 0 Å². The minimum absolute atomic E-state index is 0.0404. The molecule has 0 aromatic carbocycles. The van der Waals surface area contributed by atoms with E-state index in [-0.39, 0.29) is 18.7 Å². The van der Waals surface area contributed by atoms with Crippen molar-refractivity contribution in [2.45, 2.75) is 25.7 Å². The fourth-order valence-corrected chi connectivity index (χ4v) is 1.41. The molecular formula is C10H18N2O4S. The van der Waals surface area contributed by atoms with Crippen LogP contribution >= 0.6 is 11.9 Å². The normalized spacial score (nSPS) is 9.76. The molecule has 0 saturated carbocycles. The highest BCUT2D eigenvalue weighted by Gasteiger charge is 2.13. The third-order valence-corrected chi connectivity index (χ3v) is 2.51. The molecule has 0 bridgehead atoms. The highest BCUT2D eigenvalue weighted by Crippen LogP contribution is 1.98. The summed E-state index contributed by atoms with van der Waals surface area (Å²) in [4.78, 5) is 33.0. The molecule has 0 saturated heterocycles. The highest BCUT2D eigenvalue weighted by molar-refractivity contribution is 7.97. The van der Waals surface area contributed by atoms with Crippen molar-refractivity contribution in [3.63, 3.8) is 0 Å². The summed E-state index contributed by atoms with van der Waals surface area (Å²) in [7, 11) is 1.16.